The first kappa shape index (κ1) is 8.92. The van der Waals surface area contributed by atoms with Gasteiger partial charge in [-0.2, -0.15) is 5.10 Å². The van der Waals surface area contributed by atoms with Gasteiger partial charge in [0.2, 0.25) is 0 Å². The minimum atomic E-state index is 0.490. The van der Waals surface area contributed by atoms with E-state index in [2.05, 4.69) is 31.4 Å². The summed E-state index contributed by atoms with van der Waals surface area (Å²) < 4.78 is 1.22. The zero-order valence-electron chi connectivity index (χ0n) is 8.02. The lowest BCUT2D eigenvalue weighted by molar-refractivity contribution is 0.623. The molecular formula is C10H14BrN3. The molecule has 2 heterocycles. The number of aromatic amines is 1. The van der Waals surface area contributed by atoms with Crippen LogP contribution in [0.5, 0.6) is 0 Å². The van der Waals surface area contributed by atoms with Gasteiger partial charge in [-0.15, -0.1) is 0 Å². The summed E-state index contributed by atoms with van der Waals surface area (Å²) in [7, 11) is 0. The van der Waals surface area contributed by atoms with Gasteiger partial charge in [0.15, 0.2) is 0 Å². The van der Waals surface area contributed by atoms with Crippen molar-refractivity contribution in [1.29, 1.82) is 0 Å². The Kier molecular flexibility index (Phi) is 2.13. The highest BCUT2D eigenvalue weighted by Crippen LogP contribution is 2.44. The third-order valence-corrected chi connectivity index (χ3v) is 3.96. The SMILES string of the molecule is Brc1c(C2CC2)n[nH]c1C1CCCN1. The van der Waals surface area contributed by atoms with Gasteiger partial charge in [0, 0.05) is 5.92 Å². The van der Waals surface area contributed by atoms with Crippen LogP contribution in [-0.4, -0.2) is 16.7 Å². The zero-order valence-corrected chi connectivity index (χ0v) is 9.60. The minimum absolute atomic E-state index is 0.490. The van der Waals surface area contributed by atoms with E-state index in [1.54, 1.807) is 0 Å². The van der Waals surface area contributed by atoms with E-state index in [-0.39, 0.29) is 0 Å². The van der Waals surface area contributed by atoms with Crippen molar-refractivity contribution in [1.82, 2.24) is 15.5 Å². The number of hydrogen-bond acceptors (Lipinski definition) is 2. The summed E-state index contributed by atoms with van der Waals surface area (Å²) in [5, 5.41) is 11.1. The highest BCUT2D eigenvalue weighted by molar-refractivity contribution is 9.10. The molecule has 2 aliphatic rings. The van der Waals surface area contributed by atoms with Crippen molar-refractivity contribution in [3.8, 4) is 0 Å². The quantitative estimate of drug-likeness (QED) is 0.853. The molecule has 76 valence electrons. The number of nitrogens with one attached hydrogen (secondary N) is 2. The maximum absolute atomic E-state index is 4.41. The van der Waals surface area contributed by atoms with Gasteiger partial charge in [-0.3, -0.25) is 5.10 Å². The topological polar surface area (TPSA) is 40.7 Å². The van der Waals surface area contributed by atoms with Crippen LogP contribution in [-0.2, 0) is 0 Å². The van der Waals surface area contributed by atoms with Crippen LogP contribution >= 0.6 is 15.9 Å². The summed E-state index contributed by atoms with van der Waals surface area (Å²) in [5.41, 5.74) is 2.50. The van der Waals surface area contributed by atoms with Crippen LogP contribution < -0.4 is 5.32 Å². The second-order valence-electron chi connectivity index (χ2n) is 4.26. The van der Waals surface area contributed by atoms with E-state index in [1.807, 2.05) is 0 Å². The summed E-state index contributed by atoms with van der Waals surface area (Å²) in [6.07, 6.45) is 5.11. The molecule has 1 aromatic heterocycles. The molecule has 3 rings (SSSR count). The molecule has 1 aliphatic heterocycles. The standard InChI is InChI=1S/C10H14BrN3/c11-8-9(6-3-4-6)13-14-10(8)7-2-1-5-12-7/h6-7,12H,1-5H2,(H,13,14). The van der Waals surface area contributed by atoms with Crippen LogP contribution in [0, 0.1) is 0 Å². The van der Waals surface area contributed by atoms with Crippen molar-refractivity contribution in [2.45, 2.75) is 37.6 Å². The van der Waals surface area contributed by atoms with E-state index in [1.165, 1.54) is 41.5 Å². The molecule has 0 radical (unpaired) electrons. The Morgan fingerprint density at radius 1 is 1.29 bits per heavy atom. The van der Waals surface area contributed by atoms with Gasteiger partial charge in [-0.1, -0.05) is 0 Å². The average Bonchev–Trinajstić information content (AvgIpc) is 2.76. The fourth-order valence-electron chi connectivity index (χ4n) is 2.15. The molecule has 1 aromatic rings. The van der Waals surface area contributed by atoms with Crippen LogP contribution in [0.2, 0.25) is 0 Å². The molecule has 4 heteroatoms. The Morgan fingerprint density at radius 2 is 2.14 bits per heavy atom. The van der Waals surface area contributed by atoms with Crippen LogP contribution in [0.25, 0.3) is 0 Å². The van der Waals surface area contributed by atoms with Gasteiger partial charge in [-0.05, 0) is 48.2 Å². The first-order chi connectivity index (χ1) is 6.86. The van der Waals surface area contributed by atoms with Crippen molar-refractivity contribution in [2.75, 3.05) is 6.54 Å². The maximum atomic E-state index is 4.41. The van der Waals surface area contributed by atoms with E-state index in [0.717, 1.165) is 12.5 Å². The van der Waals surface area contributed by atoms with Crippen molar-refractivity contribution in [2.24, 2.45) is 0 Å². The molecule has 0 amide bonds. The fourth-order valence-corrected chi connectivity index (χ4v) is 2.92. The molecule has 0 spiro atoms. The van der Waals surface area contributed by atoms with Crippen LogP contribution in [0.1, 0.15) is 49.0 Å². The Morgan fingerprint density at radius 3 is 2.79 bits per heavy atom. The molecule has 14 heavy (non-hydrogen) atoms. The molecular weight excluding hydrogens is 242 g/mol. The predicted octanol–water partition coefficient (Wildman–Crippen LogP) is 2.47. The van der Waals surface area contributed by atoms with E-state index in [9.17, 15) is 0 Å². The van der Waals surface area contributed by atoms with E-state index >= 15 is 0 Å². The summed E-state index contributed by atoms with van der Waals surface area (Å²) >= 11 is 3.67. The Bertz CT molecular complexity index is 337. The lowest BCUT2D eigenvalue weighted by atomic mass is 10.1. The Labute approximate surface area is 91.8 Å². The third-order valence-electron chi connectivity index (χ3n) is 3.13. The number of H-pyrrole nitrogens is 1. The number of halogens is 1. The predicted molar refractivity (Wildman–Crippen MR) is 58.2 cm³/mol. The minimum Gasteiger partial charge on any atom is -0.309 e. The van der Waals surface area contributed by atoms with Gasteiger partial charge in [-0.25, -0.2) is 0 Å². The molecule has 0 aromatic carbocycles. The molecule has 1 aliphatic carbocycles. The molecule has 1 saturated carbocycles. The van der Waals surface area contributed by atoms with Gasteiger partial charge in [0.25, 0.3) is 0 Å². The monoisotopic (exact) mass is 255 g/mol. The summed E-state index contributed by atoms with van der Waals surface area (Å²) in [6.45, 7) is 1.13. The molecule has 0 bridgehead atoms. The molecule has 1 atom stereocenters. The van der Waals surface area contributed by atoms with Crippen molar-refractivity contribution >= 4 is 15.9 Å². The largest absolute Gasteiger partial charge is 0.309 e. The van der Waals surface area contributed by atoms with Crippen LogP contribution in [0.3, 0.4) is 0 Å². The van der Waals surface area contributed by atoms with Gasteiger partial charge < -0.3 is 5.32 Å². The number of aromatic nitrogens is 2. The molecule has 3 nitrogen and oxygen atoms in total. The summed E-state index contributed by atoms with van der Waals surface area (Å²) in [4.78, 5) is 0. The van der Waals surface area contributed by atoms with E-state index in [4.69, 9.17) is 0 Å². The Hall–Kier alpha value is -0.350. The van der Waals surface area contributed by atoms with E-state index in [0.29, 0.717) is 6.04 Å². The average molecular weight is 256 g/mol. The highest BCUT2D eigenvalue weighted by Gasteiger charge is 2.31. The second-order valence-corrected chi connectivity index (χ2v) is 5.05. The van der Waals surface area contributed by atoms with Crippen molar-refractivity contribution < 1.29 is 0 Å². The van der Waals surface area contributed by atoms with Crippen molar-refractivity contribution in [3.63, 3.8) is 0 Å². The number of nitrogens with zero attached hydrogens (tertiary/aromatic N) is 1. The number of hydrogen-bond donors (Lipinski definition) is 2. The summed E-state index contributed by atoms with van der Waals surface area (Å²) in [5.74, 6) is 0.718. The molecule has 2 N–H and O–H groups in total. The lowest BCUT2D eigenvalue weighted by Gasteiger charge is -2.07. The molecule has 2 fully saturated rings. The molecule has 1 unspecified atom stereocenters. The normalized spacial score (nSPS) is 27.1. The van der Waals surface area contributed by atoms with Gasteiger partial charge in [0.05, 0.1) is 21.9 Å². The first-order valence-electron chi connectivity index (χ1n) is 5.33. The fraction of sp³-hybridized carbons (Fsp3) is 0.700. The molecule has 1 saturated heterocycles. The van der Waals surface area contributed by atoms with Gasteiger partial charge in [0.1, 0.15) is 0 Å². The van der Waals surface area contributed by atoms with Crippen LogP contribution in [0.4, 0.5) is 0 Å². The van der Waals surface area contributed by atoms with Crippen LogP contribution in [0.15, 0.2) is 4.47 Å². The second kappa shape index (κ2) is 3.35. The zero-order chi connectivity index (χ0) is 9.54. The maximum Gasteiger partial charge on any atom is 0.0798 e. The first-order valence-corrected chi connectivity index (χ1v) is 6.12. The van der Waals surface area contributed by atoms with Crippen molar-refractivity contribution in [3.05, 3.63) is 15.9 Å². The summed E-state index contributed by atoms with van der Waals surface area (Å²) in [6, 6.07) is 0.490. The van der Waals surface area contributed by atoms with Gasteiger partial charge >= 0.3 is 0 Å². The highest BCUT2D eigenvalue weighted by atomic mass is 79.9. The lowest BCUT2D eigenvalue weighted by Crippen LogP contribution is -2.13. The van der Waals surface area contributed by atoms with E-state index < -0.39 is 0 Å². The number of rotatable bonds is 2. The smallest absolute Gasteiger partial charge is 0.0798 e. The third kappa shape index (κ3) is 1.41. The Balaban J connectivity index is 1.89.